The molecule has 2 aromatic rings. The lowest BCUT2D eigenvalue weighted by molar-refractivity contribution is -0.146. The van der Waals surface area contributed by atoms with E-state index in [1.807, 2.05) is 40.7 Å². The standard InChI is InChI=1S/C47H67N5O7/c1-29(2)32(6)51-25-15-14-19-38(51)43(55)50-41(47(7,8)9)44(56)48-36(30(3)4)27-31(5)45(57)52-26-16-20-39(52)42(54)49-37(46(58)59-10)28-33-21-23-35(24-22-33)40(53)34-17-12-11-13-18-34/h11-13,17-18,21-24,27,29-30,32,36-39,41H,14-16,19-20,25-26,28H2,1-10H3,(H,48,56)(H,49,54)(H,50,55)/t32?,36-,37+,38?,39+,41-/m1/s1. The molecule has 4 amide bonds. The van der Waals surface area contributed by atoms with Crippen molar-refractivity contribution >= 4 is 35.4 Å². The number of hydrogen-bond acceptors (Lipinski definition) is 8. The second-order valence-electron chi connectivity index (χ2n) is 18.0. The molecule has 0 aliphatic carbocycles. The first-order valence-corrected chi connectivity index (χ1v) is 21.3. The van der Waals surface area contributed by atoms with Crippen LogP contribution >= 0.6 is 0 Å². The maximum absolute atomic E-state index is 14.0. The van der Waals surface area contributed by atoms with Gasteiger partial charge in [0.15, 0.2) is 5.78 Å². The number of methoxy groups -OCH3 is 1. The van der Waals surface area contributed by atoms with Gasteiger partial charge in [0.1, 0.15) is 18.1 Å². The van der Waals surface area contributed by atoms with E-state index in [0.717, 1.165) is 31.4 Å². The number of ether oxygens (including phenoxy) is 1. The number of piperidine rings is 1. The highest BCUT2D eigenvalue weighted by atomic mass is 16.5. The van der Waals surface area contributed by atoms with Gasteiger partial charge in [0.25, 0.3) is 0 Å². The Morgan fingerprint density at radius 3 is 1.97 bits per heavy atom. The molecule has 0 aromatic heterocycles. The number of amides is 4. The number of hydrogen-bond donors (Lipinski definition) is 3. The molecule has 59 heavy (non-hydrogen) atoms. The van der Waals surface area contributed by atoms with E-state index in [2.05, 4.69) is 41.6 Å². The Balaban J connectivity index is 1.44. The minimum atomic E-state index is -1.02. The summed E-state index contributed by atoms with van der Waals surface area (Å²) in [6, 6.07) is 12.6. The molecule has 0 saturated carbocycles. The average molecular weight is 814 g/mol. The molecule has 0 spiro atoms. The van der Waals surface area contributed by atoms with Crippen molar-refractivity contribution in [3.8, 4) is 0 Å². The van der Waals surface area contributed by atoms with Gasteiger partial charge in [-0.2, -0.15) is 0 Å². The van der Waals surface area contributed by atoms with Crippen LogP contribution in [0.4, 0.5) is 0 Å². The number of ketones is 1. The number of likely N-dealkylation sites (tertiary alicyclic amines) is 2. The van der Waals surface area contributed by atoms with Crippen molar-refractivity contribution in [3.63, 3.8) is 0 Å². The van der Waals surface area contributed by atoms with Gasteiger partial charge in [-0.15, -0.1) is 0 Å². The van der Waals surface area contributed by atoms with Crippen LogP contribution in [-0.2, 0) is 35.1 Å². The van der Waals surface area contributed by atoms with E-state index < -0.39 is 41.5 Å². The highest BCUT2D eigenvalue weighted by Crippen LogP contribution is 2.26. The smallest absolute Gasteiger partial charge is 0.328 e. The van der Waals surface area contributed by atoms with Gasteiger partial charge in [-0.1, -0.05) is 116 Å². The largest absolute Gasteiger partial charge is 0.467 e. The highest BCUT2D eigenvalue weighted by molar-refractivity contribution is 6.09. The Morgan fingerprint density at radius 2 is 1.37 bits per heavy atom. The highest BCUT2D eigenvalue weighted by Gasteiger charge is 2.40. The molecule has 2 saturated heterocycles. The van der Waals surface area contributed by atoms with E-state index in [1.165, 1.54) is 12.0 Å². The number of benzene rings is 2. The second kappa shape index (κ2) is 20.9. The average Bonchev–Trinajstić information content (AvgIpc) is 3.71. The summed E-state index contributed by atoms with van der Waals surface area (Å²) in [4.78, 5) is 85.2. The Morgan fingerprint density at radius 1 is 0.763 bits per heavy atom. The molecular formula is C47H67N5O7. The lowest BCUT2D eigenvalue weighted by atomic mass is 9.85. The third kappa shape index (κ3) is 12.3. The zero-order valence-corrected chi connectivity index (χ0v) is 36.8. The van der Waals surface area contributed by atoms with Crippen molar-refractivity contribution < 1.29 is 33.5 Å². The maximum atomic E-state index is 14.0. The van der Waals surface area contributed by atoms with E-state index in [-0.39, 0.29) is 47.9 Å². The Hall–Kier alpha value is -4.84. The van der Waals surface area contributed by atoms with Gasteiger partial charge in [-0.3, -0.25) is 28.9 Å². The molecule has 322 valence electrons. The minimum absolute atomic E-state index is 0.0947. The fourth-order valence-electron chi connectivity index (χ4n) is 7.91. The van der Waals surface area contributed by atoms with Crippen LogP contribution in [-0.4, -0.2) is 102 Å². The van der Waals surface area contributed by atoms with Crippen LogP contribution in [0.1, 0.15) is 116 Å². The lowest BCUT2D eigenvalue weighted by Gasteiger charge is -2.42. The molecule has 3 N–H and O–H groups in total. The fraction of sp³-hybridized carbons (Fsp3) is 0.574. The third-order valence-electron chi connectivity index (χ3n) is 11.9. The first-order chi connectivity index (χ1) is 27.8. The van der Waals surface area contributed by atoms with Crippen molar-refractivity contribution in [2.45, 2.75) is 137 Å². The summed E-state index contributed by atoms with van der Waals surface area (Å²) in [5.41, 5.74) is 1.56. The Kier molecular flexibility index (Phi) is 16.6. The fourth-order valence-corrected chi connectivity index (χ4v) is 7.91. The van der Waals surface area contributed by atoms with E-state index in [1.54, 1.807) is 61.5 Å². The quantitative estimate of drug-likeness (QED) is 0.112. The van der Waals surface area contributed by atoms with Crippen LogP contribution in [0.25, 0.3) is 0 Å². The van der Waals surface area contributed by atoms with Crippen molar-refractivity contribution in [2.24, 2.45) is 17.3 Å². The van der Waals surface area contributed by atoms with Gasteiger partial charge in [0, 0.05) is 35.7 Å². The molecular weight excluding hydrogens is 747 g/mol. The Labute approximate surface area is 351 Å². The van der Waals surface area contributed by atoms with Crippen LogP contribution < -0.4 is 16.0 Å². The topological polar surface area (TPSA) is 154 Å². The van der Waals surface area contributed by atoms with Crippen LogP contribution in [0.2, 0.25) is 0 Å². The maximum Gasteiger partial charge on any atom is 0.328 e. The van der Waals surface area contributed by atoms with Crippen LogP contribution in [0, 0.1) is 17.3 Å². The van der Waals surface area contributed by atoms with Crippen molar-refractivity contribution in [1.82, 2.24) is 25.8 Å². The van der Waals surface area contributed by atoms with Crippen molar-refractivity contribution in [3.05, 3.63) is 82.9 Å². The zero-order chi connectivity index (χ0) is 43.6. The molecule has 12 heteroatoms. The molecule has 12 nitrogen and oxygen atoms in total. The predicted molar refractivity (Wildman–Crippen MR) is 229 cm³/mol. The first kappa shape index (κ1) is 46.8. The van der Waals surface area contributed by atoms with Gasteiger partial charge in [0.2, 0.25) is 23.6 Å². The van der Waals surface area contributed by atoms with E-state index in [9.17, 15) is 28.8 Å². The van der Waals surface area contributed by atoms with Gasteiger partial charge >= 0.3 is 5.97 Å². The van der Waals surface area contributed by atoms with Crippen LogP contribution in [0.5, 0.6) is 0 Å². The summed E-state index contributed by atoms with van der Waals surface area (Å²) in [7, 11) is 1.25. The lowest BCUT2D eigenvalue weighted by Crippen LogP contribution is -2.61. The summed E-state index contributed by atoms with van der Waals surface area (Å²) in [5, 5.41) is 9.05. The number of carbonyl (C=O) groups is 6. The van der Waals surface area contributed by atoms with Crippen molar-refractivity contribution in [1.29, 1.82) is 0 Å². The van der Waals surface area contributed by atoms with Gasteiger partial charge in [-0.05, 0) is 68.9 Å². The molecule has 2 heterocycles. The summed E-state index contributed by atoms with van der Waals surface area (Å²) in [6.45, 7) is 19.0. The normalized spacial score (nSPS) is 19.7. The molecule has 2 fully saturated rings. The molecule has 6 atom stereocenters. The number of nitrogens with one attached hydrogen (secondary N) is 3. The number of rotatable bonds is 16. The Bertz CT molecular complexity index is 1820. The summed E-state index contributed by atoms with van der Waals surface area (Å²) < 4.78 is 5.03. The molecule has 2 aliphatic rings. The summed E-state index contributed by atoms with van der Waals surface area (Å²) in [6.07, 6.45) is 5.61. The monoisotopic (exact) mass is 814 g/mol. The van der Waals surface area contributed by atoms with Crippen LogP contribution in [0.15, 0.2) is 66.2 Å². The van der Waals surface area contributed by atoms with Gasteiger partial charge < -0.3 is 25.6 Å². The first-order valence-electron chi connectivity index (χ1n) is 21.3. The molecule has 2 aromatic carbocycles. The minimum Gasteiger partial charge on any atom is -0.467 e. The molecule has 2 unspecified atom stereocenters. The van der Waals surface area contributed by atoms with E-state index >= 15 is 0 Å². The van der Waals surface area contributed by atoms with Crippen molar-refractivity contribution in [2.75, 3.05) is 20.2 Å². The van der Waals surface area contributed by atoms with Crippen LogP contribution in [0.3, 0.4) is 0 Å². The number of carbonyl (C=O) groups excluding carboxylic acids is 6. The third-order valence-corrected chi connectivity index (χ3v) is 11.9. The molecule has 0 bridgehead atoms. The predicted octanol–water partition coefficient (Wildman–Crippen LogP) is 5.63. The van der Waals surface area contributed by atoms with Gasteiger partial charge in [-0.25, -0.2) is 4.79 Å². The molecule has 0 radical (unpaired) electrons. The SMILES string of the molecule is COC(=O)[C@H](Cc1ccc(C(=O)c2ccccc2)cc1)NC(=O)[C@@H]1CCCN1C(=O)C(C)=C[C@@H](NC(=O)[C@@H](NC(=O)C1CCCCN1C(C)C(C)C)C(C)(C)C)C(C)C. The summed E-state index contributed by atoms with van der Waals surface area (Å²) >= 11 is 0. The molecule has 2 aliphatic heterocycles. The second-order valence-corrected chi connectivity index (χ2v) is 18.0. The molecule has 4 rings (SSSR count). The van der Waals surface area contributed by atoms with Gasteiger partial charge in [0.05, 0.1) is 19.2 Å². The van der Waals surface area contributed by atoms with E-state index in [4.69, 9.17) is 4.74 Å². The number of nitrogens with zero attached hydrogens (tertiary/aromatic N) is 2. The zero-order valence-electron chi connectivity index (χ0n) is 36.8. The number of esters is 1. The summed E-state index contributed by atoms with van der Waals surface area (Å²) in [5.74, 6) is -1.74. The van der Waals surface area contributed by atoms with E-state index in [0.29, 0.717) is 42.0 Å².